The summed E-state index contributed by atoms with van der Waals surface area (Å²) in [5, 5.41) is 11.8. The normalized spacial score (nSPS) is 22.7. The van der Waals surface area contributed by atoms with E-state index in [0.717, 1.165) is 0 Å². The summed E-state index contributed by atoms with van der Waals surface area (Å²) in [7, 11) is -1.19. The van der Waals surface area contributed by atoms with E-state index in [1.54, 1.807) is 31.2 Å². The average molecular weight is 309 g/mol. The zero-order valence-electron chi connectivity index (χ0n) is 11.9. The first-order chi connectivity index (χ1) is 10.0. The van der Waals surface area contributed by atoms with Gasteiger partial charge in [-0.25, -0.2) is 0 Å². The Bertz CT molecular complexity index is 573. The number of carboxylic acid groups (broad SMARTS) is 1. The maximum absolute atomic E-state index is 12.3. The first-order valence-electron chi connectivity index (χ1n) is 7.04. The summed E-state index contributed by atoms with van der Waals surface area (Å²) in [5.41, 5.74) is 0.413. The van der Waals surface area contributed by atoms with Crippen molar-refractivity contribution in [3.05, 3.63) is 29.8 Å². The van der Waals surface area contributed by atoms with Crippen LogP contribution in [0.3, 0.4) is 0 Å². The second kappa shape index (κ2) is 6.85. The molecule has 21 heavy (non-hydrogen) atoms. The van der Waals surface area contributed by atoms with E-state index in [1.807, 2.05) is 0 Å². The van der Waals surface area contributed by atoms with E-state index in [-0.39, 0.29) is 17.9 Å². The van der Waals surface area contributed by atoms with Crippen molar-refractivity contribution in [3.63, 3.8) is 0 Å². The summed E-state index contributed by atoms with van der Waals surface area (Å²) < 4.78 is 12.0. The monoisotopic (exact) mass is 309 g/mol. The lowest BCUT2D eigenvalue weighted by atomic mass is 10.1. The summed E-state index contributed by atoms with van der Waals surface area (Å²) in [6.07, 6.45) is 1.71. The smallest absolute Gasteiger partial charge is 0.306 e. The number of nitrogens with one attached hydrogen (secondary N) is 1. The quantitative estimate of drug-likeness (QED) is 0.868. The van der Waals surface area contributed by atoms with Gasteiger partial charge in [-0.1, -0.05) is 19.1 Å². The fraction of sp³-hybridized carbons (Fsp3) is 0.467. The van der Waals surface area contributed by atoms with E-state index in [1.165, 1.54) is 0 Å². The zero-order chi connectivity index (χ0) is 15.4. The minimum Gasteiger partial charge on any atom is -0.481 e. The van der Waals surface area contributed by atoms with Gasteiger partial charge in [0, 0.05) is 11.8 Å². The Morgan fingerprint density at radius 1 is 1.33 bits per heavy atom. The van der Waals surface area contributed by atoms with Crippen molar-refractivity contribution in [3.8, 4) is 0 Å². The molecule has 1 amide bonds. The number of carbonyl (C=O) groups is 2. The number of aliphatic carboxylic acids is 1. The maximum Gasteiger partial charge on any atom is 0.306 e. The molecule has 0 spiro atoms. The molecule has 1 fully saturated rings. The van der Waals surface area contributed by atoms with Crippen molar-refractivity contribution in [2.75, 3.05) is 5.75 Å². The number of carboxylic acids is 1. The van der Waals surface area contributed by atoms with Crippen LogP contribution in [0, 0.1) is 5.92 Å². The Morgan fingerprint density at radius 3 is 2.67 bits per heavy atom. The minimum atomic E-state index is -1.19. The summed E-state index contributed by atoms with van der Waals surface area (Å²) in [4.78, 5) is 23.8. The molecule has 0 bridgehead atoms. The number of benzene rings is 1. The molecule has 1 aromatic carbocycles. The van der Waals surface area contributed by atoms with Crippen LogP contribution in [0.25, 0.3) is 0 Å². The van der Waals surface area contributed by atoms with Crippen LogP contribution in [0.2, 0.25) is 0 Å². The second-order valence-corrected chi connectivity index (χ2v) is 6.86. The highest BCUT2D eigenvalue weighted by molar-refractivity contribution is 7.85. The number of hydrogen-bond donors (Lipinski definition) is 2. The van der Waals surface area contributed by atoms with E-state index >= 15 is 0 Å². The molecule has 2 N–H and O–H groups in total. The zero-order valence-corrected chi connectivity index (χ0v) is 12.7. The van der Waals surface area contributed by atoms with Crippen molar-refractivity contribution in [1.82, 2.24) is 5.32 Å². The molecule has 5 nitrogen and oxygen atoms in total. The van der Waals surface area contributed by atoms with Crippen LogP contribution in [0.5, 0.6) is 0 Å². The van der Waals surface area contributed by atoms with Crippen LogP contribution in [0.4, 0.5) is 0 Å². The van der Waals surface area contributed by atoms with Crippen molar-refractivity contribution in [2.45, 2.75) is 37.1 Å². The molecule has 1 saturated carbocycles. The Balaban J connectivity index is 2.08. The molecule has 1 unspecified atom stereocenters. The van der Waals surface area contributed by atoms with E-state index in [0.29, 0.717) is 35.5 Å². The molecule has 0 heterocycles. The van der Waals surface area contributed by atoms with Gasteiger partial charge in [-0.15, -0.1) is 0 Å². The van der Waals surface area contributed by atoms with Gasteiger partial charge in [0.05, 0.1) is 27.2 Å². The molecule has 0 radical (unpaired) electrons. The van der Waals surface area contributed by atoms with E-state index < -0.39 is 16.8 Å². The summed E-state index contributed by atoms with van der Waals surface area (Å²) in [6, 6.07) is 6.72. The topological polar surface area (TPSA) is 83.5 Å². The number of carbonyl (C=O) groups excluding carboxylic acids is 1. The summed E-state index contributed by atoms with van der Waals surface area (Å²) in [6.45, 7) is 1.80. The molecule has 0 aliphatic heterocycles. The van der Waals surface area contributed by atoms with Gasteiger partial charge in [0.25, 0.3) is 5.91 Å². The van der Waals surface area contributed by atoms with Crippen LogP contribution >= 0.6 is 0 Å². The van der Waals surface area contributed by atoms with Crippen molar-refractivity contribution in [1.29, 1.82) is 0 Å². The third-order valence-corrected chi connectivity index (χ3v) is 5.13. The van der Waals surface area contributed by atoms with Crippen LogP contribution in [0.1, 0.15) is 36.5 Å². The van der Waals surface area contributed by atoms with E-state index in [9.17, 15) is 13.8 Å². The predicted molar refractivity (Wildman–Crippen MR) is 79.6 cm³/mol. The van der Waals surface area contributed by atoms with Crippen LogP contribution in [-0.4, -0.2) is 33.0 Å². The molecule has 0 saturated heterocycles. The predicted octanol–water partition coefficient (Wildman–Crippen LogP) is 1.80. The van der Waals surface area contributed by atoms with Crippen molar-refractivity contribution in [2.24, 2.45) is 5.92 Å². The van der Waals surface area contributed by atoms with Crippen LogP contribution in [0.15, 0.2) is 29.2 Å². The molecule has 1 aliphatic rings. The minimum absolute atomic E-state index is 0.123. The van der Waals surface area contributed by atoms with Gasteiger partial charge in [-0.05, 0) is 31.4 Å². The van der Waals surface area contributed by atoms with Gasteiger partial charge >= 0.3 is 5.97 Å². The van der Waals surface area contributed by atoms with Crippen molar-refractivity contribution >= 4 is 22.7 Å². The second-order valence-electron chi connectivity index (χ2n) is 5.15. The molecular weight excluding hydrogens is 290 g/mol. The highest BCUT2D eigenvalue weighted by Gasteiger charge is 2.31. The molecule has 114 valence electrons. The molecule has 0 aromatic heterocycles. The lowest BCUT2D eigenvalue weighted by molar-refractivity contribution is -0.141. The lowest BCUT2D eigenvalue weighted by Gasteiger charge is -2.14. The third-order valence-electron chi connectivity index (χ3n) is 3.76. The van der Waals surface area contributed by atoms with E-state index in [2.05, 4.69) is 5.32 Å². The van der Waals surface area contributed by atoms with E-state index in [4.69, 9.17) is 5.11 Å². The summed E-state index contributed by atoms with van der Waals surface area (Å²) >= 11 is 0. The molecule has 6 heteroatoms. The largest absolute Gasteiger partial charge is 0.481 e. The highest BCUT2D eigenvalue weighted by atomic mass is 32.2. The van der Waals surface area contributed by atoms with Gasteiger partial charge in [0.1, 0.15) is 0 Å². The molecule has 3 atom stereocenters. The summed E-state index contributed by atoms with van der Waals surface area (Å²) in [5.74, 6) is -1.01. The van der Waals surface area contributed by atoms with Crippen LogP contribution < -0.4 is 5.32 Å². The average Bonchev–Trinajstić information content (AvgIpc) is 2.95. The molecule has 2 rings (SSSR count). The fourth-order valence-corrected chi connectivity index (χ4v) is 3.56. The first kappa shape index (κ1) is 15.7. The number of amides is 1. The SMILES string of the molecule is CCS(=O)c1ccccc1C(=O)N[C@@H]1CC[C@H](C(=O)O)C1. The Labute approximate surface area is 126 Å². The third kappa shape index (κ3) is 3.69. The van der Waals surface area contributed by atoms with Crippen molar-refractivity contribution < 1.29 is 18.9 Å². The molecular formula is C15H19NO4S. The van der Waals surface area contributed by atoms with Gasteiger partial charge in [-0.2, -0.15) is 0 Å². The standard InChI is InChI=1S/C15H19NO4S/c1-2-21(20)13-6-4-3-5-12(13)14(17)16-11-8-7-10(9-11)15(18)19/h3-6,10-11H,2,7-9H2,1H3,(H,16,17)(H,18,19)/t10-,11+,21?/m0/s1. The van der Waals surface area contributed by atoms with Crippen LogP contribution in [-0.2, 0) is 15.6 Å². The lowest BCUT2D eigenvalue weighted by Crippen LogP contribution is -2.34. The first-order valence-corrected chi connectivity index (χ1v) is 8.36. The van der Waals surface area contributed by atoms with Gasteiger partial charge in [0.15, 0.2) is 0 Å². The number of rotatable bonds is 5. The molecule has 1 aliphatic carbocycles. The molecule has 1 aromatic rings. The Morgan fingerprint density at radius 2 is 2.05 bits per heavy atom. The Hall–Kier alpha value is -1.69. The Kier molecular flexibility index (Phi) is 5.12. The fourth-order valence-electron chi connectivity index (χ4n) is 2.61. The highest BCUT2D eigenvalue weighted by Crippen LogP contribution is 2.26. The van der Waals surface area contributed by atoms with Gasteiger partial charge in [0.2, 0.25) is 0 Å². The van der Waals surface area contributed by atoms with Gasteiger partial charge in [-0.3, -0.25) is 13.8 Å². The number of hydrogen-bond acceptors (Lipinski definition) is 3. The van der Waals surface area contributed by atoms with Gasteiger partial charge < -0.3 is 10.4 Å². The maximum atomic E-state index is 12.3.